The summed E-state index contributed by atoms with van der Waals surface area (Å²) in [6, 6.07) is 3.60. The highest BCUT2D eigenvalue weighted by atomic mass is 16.5. The van der Waals surface area contributed by atoms with Crippen molar-refractivity contribution < 1.29 is 19.0 Å². The monoisotopic (exact) mass is 413 g/mol. The van der Waals surface area contributed by atoms with Crippen LogP contribution in [0.1, 0.15) is 19.3 Å². The largest absolute Gasteiger partial charge is 0.493 e. The van der Waals surface area contributed by atoms with Crippen molar-refractivity contribution in [1.29, 1.82) is 0 Å². The van der Waals surface area contributed by atoms with E-state index in [4.69, 9.17) is 19.9 Å². The summed E-state index contributed by atoms with van der Waals surface area (Å²) in [4.78, 5) is 26.0. The van der Waals surface area contributed by atoms with E-state index in [1.54, 1.807) is 26.4 Å². The van der Waals surface area contributed by atoms with Crippen LogP contribution >= 0.6 is 0 Å². The van der Waals surface area contributed by atoms with Crippen LogP contribution in [0, 0.1) is 5.41 Å². The molecule has 1 amide bonds. The van der Waals surface area contributed by atoms with Crippen LogP contribution in [0.3, 0.4) is 0 Å². The molecule has 1 unspecified atom stereocenters. The number of fused-ring (bicyclic) bond motifs is 1. The van der Waals surface area contributed by atoms with E-state index in [0.29, 0.717) is 60.4 Å². The van der Waals surface area contributed by atoms with Crippen LogP contribution in [0.4, 0.5) is 11.8 Å². The first kappa shape index (κ1) is 19.2. The fourth-order valence-electron chi connectivity index (χ4n) is 4.41. The molecule has 9 heteroatoms. The van der Waals surface area contributed by atoms with Crippen molar-refractivity contribution in [2.75, 3.05) is 57.6 Å². The second-order valence-corrected chi connectivity index (χ2v) is 8.45. The Kier molecular flexibility index (Phi) is 4.57. The Hall–Kier alpha value is -2.81. The molecule has 30 heavy (non-hydrogen) atoms. The fourth-order valence-corrected chi connectivity index (χ4v) is 4.41. The van der Waals surface area contributed by atoms with Gasteiger partial charge >= 0.3 is 0 Å². The molecule has 0 bridgehead atoms. The topological polar surface area (TPSA) is 103 Å². The fraction of sp³-hybridized carbons (Fsp3) is 0.571. The minimum absolute atomic E-state index is 0.120. The van der Waals surface area contributed by atoms with E-state index in [-0.39, 0.29) is 12.0 Å². The van der Waals surface area contributed by atoms with E-state index in [1.807, 2.05) is 4.90 Å². The molecular formula is C21H27N5O4. The number of hydrogen-bond donors (Lipinski definition) is 1. The van der Waals surface area contributed by atoms with Crippen molar-refractivity contribution in [3.63, 3.8) is 0 Å². The van der Waals surface area contributed by atoms with Gasteiger partial charge in [-0.2, -0.15) is 4.98 Å². The maximum atomic E-state index is 12.8. The molecule has 2 aliphatic heterocycles. The molecule has 3 heterocycles. The molecule has 2 aromatic rings. The molecule has 3 aliphatic rings. The van der Waals surface area contributed by atoms with Crippen molar-refractivity contribution in [2.45, 2.75) is 25.4 Å². The van der Waals surface area contributed by atoms with E-state index < -0.39 is 0 Å². The van der Waals surface area contributed by atoms with Crippen LogP contribution in [0.2, 0.25) is 0 Å². The number of nitrogen functional groups attached to an aromatic ring is 1. The van der Waals surface area contributed by atoms with E-state index in [0.717, 1.165) is 18.4 Å². The number of amides is 1. The number of aromatic nitrogens is 2. The van der Waals surface area contributed by atoms with Crippen molar-refractivity contribution in [3.8, 4) is 11.5 Å². The van der Waals surface area contributed by atoms with Crippen molar-refractivity contribution in [2.24, 2.45) is 5.41 Å². The SMILES string of the molecule is COc1cc2nc(N3CCN(C(=O)C4CC5(CC5)CO4)CC3)nc(N)c2cc1OC. The average molecular weight is 413 g/mol. The second-order valence-electron chi connectivity index (χ2n) is 8.45. The van der Waals surface area contributed by atoms with Gasteiger partial charge in [-0.15, -0.1) is 0 Å². The van der Waals surface area contributed by atoms with Crippen LogP contribution in [0.25, 0.3) is 10.9 Å². The predicted molar refractivity (Wildman–Crippen MR) is 112 cm³/mol. The first-order chi connectivity index (χ1) is 14.5. The van der Waals surface area contributed by atoms with E-state index in [2.05, 4.69) is 14.9 Å². The number of rotatable bonds is 4. The lowest BCUT2D eigenvalue weighted by Gasteiger charge is -2.35. The molecule has 2 saturated heterocycles. The van der Waals surface area contributed by atoms with E-state index in [1.165, 1.54) is 12.8 Å². The lowest BCUT2D eigenvalue weighted by molar-refractivity contribution is -0.141. The van der Waals surface area contributed by atoms with Crippen LogP contribution in [0.5, 0.6) is 11.5 Å². The van der Waals surface area contributed by atoms with Gasteiger partial charge in [0.1, 0.15) is 11.9 Å². The number of benzene rings is 1. The number of nitrogens with zero attached hydrogens (tertiary/aromatic N) is 4. The molecule has 1 aromatic carbocycles. The van der Waals surface area contributed by atoms with Gasteiger partial charge in [-0.3, -0.25) is 4.79 Å². The van der Waals surface area contributed by atoms with Crippen LogP contribution < -0.4 is 20.1 Å². The lowest BCUT2D eigenvalue weighted by Crippen LogP contribution is -2.51. The smallest absolute Gasteiger partial charge is 0.251 e. The zero-order valence-corrected chi connectivity index (χ0v) is 17.4. The lowest BCUT2D eigenvalue weighted by atomic mass is 10.0. The zero-order valence-electron chi connectivity index (χ0n) is 17.4. The predicted octanol–water partition coefficient (Wildman–Crippen LogP) is 1.45. The molecule has 1 aromatic heterocycles. The van der Waals surface area contributed by atoms with Gasteiger partial charge in [0.05, 0.1) is 26.3 Å². The van der Waals surface area contributed by atoms with Gasteiger partial charge in [0.15, 0.2) is 11.5 Å². The third kappa shape index (κ3) is 3.27. The normalized spacial score (nSPS) is 22.5. The Morgan fingerprint density at radius 3 is 2.47 bits per heavy atom. The van der Waals surface area contributed by atoms with Crippen LogP contribution in [0.15, 0.2) is 12.1 Å². The van der Waals surface area contributed by atoms with Crippen molar-refractivity contribution in [3.05, 3.63) is 12.1 Å². The summed E-state index contributed by atoms with van der Waals surface area (Å²) >= 11 is 0. The third-order valence-corrected chi connectivity index (χ3v) is 6.53. The molecule has 0 radical (unpaired) electrons. The Labute approximate surface area is 175 Å². The van der Waals surface area contributed by atoms with Gasteiger partial charge in [-0.1, -0.05) is 0 Å². The molecule has 2 N–H and O–H groups in total. The highest BCUT2D eigenvalue weighted by Crippen LogP contribution is 2.54. The Balaban J connectivity index is 1.30. The minimum atomic E-state index is -0.269. The van der Waals surface area contributed by atoms with E-state index >= 15 is 0 Å². The summed E-state index contributed by atoms with van der Waals surface area (Å²) in [6.45, 7) is 3.30. The van der Waals surface area contributed by atoms with Gasteiger partial charge < -0.3 is 29.7 Å². The first-order valence-corrected chi connectivity index (χ1v) is 10.4. The Morgan fingerprint density at radius 1 is 1.13 bits per heavy atom. The zero-order chi connectivity index (χ0) is 20.9. The number of ether oxygens (including phenoxy) is 3. The summed E-state index contributed by atoms with van der Waals surface area (Å²) in [5, 5.41) is 0.720. The summed E-state index contributed by atoms with van der Waals surface area (Å²) in [7, 11) is 3.17. The Morgan fingerprint density at radius 2 is 1.83 bits per heavy atom. The molecule has 160 valence electrons. The van der Waals surface area contributed by atoms with Crippen LogP contribution in [-0.4, -0.2) is 73.9 Å². The number of hydrogen-bond acceptors (Lipinski definition) is 8. The molecule has 1 atom stereocenters. The number of methoxy groups -OCH3 is 2. The molecule has 5 rings (SSSR count). The summed E-state index contributed by atoms with van der Waals surface area (Å²) < 4.78 is 16.5. The second kappa shape index (κ2) is 7.16. The van der Waals surface area contributed by atoms with Crippen LogP contribution in [-0.2, 0) is 9.53 Å². The van der Waals surface area contributed by atoms with Gasteiger partial charge in [0, 0.05) is 37.6 Å². The van der Waals surface area contributed by atoms with Gasteiger partial charge in [0.25, 0.3) is 5.91 Å². The molecule has 1 spiro atoms. The van der Waals surface area contributed by atoms with Crippen molar-refractivity contribution in [1.82, 2.24) is 14.9 Å². The maximum absolute atomic E-state index is 12.8. The number of anilines is 2. The van der Waals surface area contributed by atoms with Gasteiger partial charge in [-0.25, -0.2) is 4.98 Å². The maximum Gasteiger partial charge on any atom is 0.251 e. The molecular weight excluding hydrogens is 386 g/mol. The first-order valence-electron chi connectivity index (χ1n) is 10.4. The number of carbonyl (C=O) groups excluding carboxylic acids is 1. The molecule has 1 saturated carbocycles. The third-order valence-electron chi connectivity index (χ3n) is 6.53. The number of nitrogens with two attached hydrogens (primary N) is 1. The summed E-state index contributed by atoms with van der Waals surface area (Å²) in [5.41, 5.74) is 7.22. The molecule has 3 fully saturated rings. The number of carbonyl (C=O) groups is 1. The van der Waals surface area contributed by atoms with Gasteiger partial charge in [0.2, 0.25) is 5.95 Å². The van der Waals surface area contributed by atoms with Crippen molar-refractivity contribution >= 4 is 28.6 Å². The summed E-state index contributed by atoms with van der Waals surface area (Å²) in [5.74, 6) is 2.25. The minimum Gasteiger partial charge on any atom is -0.493 e. The number of piperazine rings is 1. The van der Waals surface area contributed by atoms with Gasteiger partial charge in [-0.05, 0) is 30.7 Å². The molecule has 1 aliphatic carbocycles. The molecule has 9 nitrogen and oxygen atoms in total. The average Bonchev–Trinajstić information content (AvgIpc) is 3.40. The summed E-state index contributed by atoms with van der Waals surface area (Å²) in [6.07, 6.45) is 3.00. The highest BCUT2D eigenvalue weighted by molar-refractivity contribution is 5.91. The van der Waals surface area contributed by atoms with E-state index in [9.17, 15) is 4.79 Å². The highest BCUT2D eigenvalue weighted by Gasteiger charge is 2.51. The standard InChI is InChI=1S/C21H27N5O4/c1-28-15-9-13-14(10-16(15)29-2)23-20(24-18(13)22)26-7-5-25(6-8-26)19(27)17-11-21(3-4-21)12-30-17/h9-10,17H,3-8,11-12H2,1-2H3,(H2,22,23,24). The quantitative estimate of drug-likeness (QED) is 0.803. The Bertz CT molecular complexity index is 985.